The molecule has 2 amide bonds. The van der Waals surface area contributed by atoms with Crippen LogP contribution in [-0.4, -0.2) is 50.1 Å². The Balaban J connectivity index is 2.44. The molecule has 1 unspecified atom stereocenters. The number of urea groups is 1. The van der Waals surface area contributed by atoms with E-state index in [9.17, 15) is 9.59 Å². The van der Waals surface area contributed by atoms with E-state index in [1.165, 1.54) is 10.9 Å². The normalized spacial score (nSPS) is 11.9. The lowest BCUT2D eigenvalue weighted by Gasteiger charge is -2.24. The van der Waals surface area contributed by atoms with Gasteiger partial charge in [-0.05, 0) is 13.3 Å². The molecule has 0 bridgehead atoms. The summed E-state index contributed by atoms with van der Waals surface area (Å²) in [6.07, 6.45) is 3.46. The van der Waals surface area contributed by atoms with Gasteiger partial charge in [0.1, 0.15) is 12.2 Å². The SMILES string of the molecule is CCCC(C)N(C)C(=O)NCc1cn(CC(=O)O)nn1. The highest BCUT2D eigenvalue weighted by Crippen LogP contribution is 2.04. The monoisotopic (exact) mass is 283 g/mol. The summed E-state index contributed by atoms with van der Waals surface area (Å²) in [7, 11) is 1.75. The van der Waals surface area contributed by atoms with Crippen molar-refractivity contribution in [1.82, 2.24) is 25.2 Å². The van der Waals surface area contributed by atoms with Gasteiger partial charge in [-0.3, -0.25) is 4.79 Å². The molecular formula is C12H21N5O3. The van der Waals surface area contributed by atoms with Gasteiger partial charge in [0.05, 0.1) is 12.7 Å². The summed E-state index contributed by atoms with van der Waals surface area (Å²) in [6, 6.07) is -0.0126. The molecule has 0 aromatic carbocycles. The molecule has 0 aliphatic rings. The quantitative estimate of drug-likeness (QED) is 0.767. The van der Waals surface area contributed by atoms with Crippen molar-refractivity contribution in [2.24, 2.45) is 0 Å². The van der Waals surface area contributed by atoms with Gasteiger partial charge in [0.25, 0.3) is 0 Å². The molecule has 8 nitrogen and oxygen atoms in total. The number of carbonyl (C=O) groups excluding carboxylic acids is 1. The van der Waals surface area contributed by atoms with E-state index < -0.39 is 5.97 Å². The van der Waals surface area contributed by atoms with Gasteiger partial charge >= 0.3 is 12.0 Å². The second-order valence-corrected chi connectivity index (χ2v) is 4.71. The molecule has 1 aromatic rings. The van der Waals surface area contributed by atoms with Crippen LogP contribution < -0.4 is 5.32 Å². The highest BCUT2D eigenvalue weighted by Gasteiger charge is 2.15. The third kappa shape index (κ3) is 4.87. The molecule has 0 spiro atoms. The minimum absolute atomic E-state index is 0.169. The van der Waals surface area contributed by atoms with E-state index in [4.69, 9.17) is 5.11 Å². The van der Waals surface area contributed by atoms with Crippen molar-refractivity contribution in [2.75, 3.05) is 7.05 Å². The number of hydrogen-bond acceptors (Lipinski definition) is 4. The van der Waals surface area contributed by atoms with E-state index in [0.29, 0.717) is 5.69 Å². The van der Waals surface area contributed by atoms with E-state index >= 15 is 0 Å². The highest BCUT2D eigenvalue weighted by molar-refractivity contribution is 5.74. The summed E-state index contributed by atoms with van der Waals surface area (Å²) in [4.78, 5) is 24.0. The molecule has 0 radical (unpaired) electrons. The minimum Gasteiger partial charge on any atom is -0.480 e. The first-order valence-corrected chi connectivity index (χ1v) is 6.55. The van der Waals surface area contributed by atoms with Crippen LogP contribution in [0.4, 0.5) is 4.79 Å². The Morgan fingerprint density at radius 3 is 2.85 bits per heavy atom. The second-order valence-electron chi connectivity index (χ2n) is 4.71. The first-order valence-electron chi connectivity index (χ1n) is 6.55. The van der Waals surface area contributed by atoms with Crippen LogP contribution in [0.5, 0.6) is 0 Å². The van der Waals surface area contributed by atoms with Crippen molar-refractivity contribution >= 4 is 12.0 Å². The number of amides is 2. The smallest absolute Gasteiger partial charge is 0.325 e. The van der Waals surface area contributed by atoms with Crippen LogP contribution >= 0.6 is 0 Å². The van der Waals surface area contributed by atoms with E-state index in [1.54, 1.807) is 11.9 Å². The van der Waals surface area contributed by atoms with Gasteiger partial charge < -0.3 is 15.3 Å². The first kappa shape index (κ1) is 15.9. The van der Waals surface area contributed by atoms with Crippen molar-refractivity contribution in [3.05, 3.63) is 11.9 Å². The molecule has 1 rings (SSSR count). The third-order valence-corrected chi connectivity index (χ3v) is 2.99. The largest absolute Gasteiger partial charge is 0.480 e. The zero-order valence-electron chi connectivity index (χ0n) is 12.0. The second kappa shape index (κ2) is 7.46. The van der Waals surface area contributed by atoms with E-state index in [1.807, 2.05) is 6.92 Å². The fourth-order valence-corrected chi connectivity index (χ4v) is 1.74. The number of carboxylic acids is 1. The molecule has 2 N–H and O–H groups in total. The molecule has 1 atom stereocenters. The predicted molar refractivity (Wildman–Crippen MR) is 72.0 cm³/mol. The Labute approximate surface area is 117 Å². The summed E-state index contributed by atoms with van der Waals surface area (Å²) >= 11 is 0. The number of aliphatic carboxylic acids is 1. The van der Waals surface area contributed by atoms with Gasteiger partial charge in [-0.25, -0.2) is 9.48 Å². The van der Waals surface area contributed by atoms with Crippen molar-refractivity contribution in [3.63, 3.8) is 0 Å². The average molecular weight is 283 g/mol. The Kier molecular flexibility index (Phi) is 5.95. The third-order valence-electron chi connectivity index (χ3n) is 2.99. The van der Waals surface area contributed by atoms with Gasteiger partial charge in [-0.2, -0.15) is 0 Å². The molecule has 0 aliphatic carbocycles. The summed E-state index contributed by atoms with van der Waals surface area (Å²) in [5.41, 5.74) is 0.524. The van der Waals surface area contributed by atoms with Gasteiger partial charge in [0.2, 0.25) is 0 Å². The Hall–Kier alpha value is -2.12. The maximum absolute atomic E-state index is 11.9. The Bertz CT molecular complexity index is 460. The highest BCUT2D eigenvalue weighted by atomic mass is 16.4. The van der Waals surface area contributed by atoms with Crippen LogP contribution in [0.1, 0.15) is 32.4 Å². The zero-order valence-corrected chi connectivity index (χ0v) is 12.0. The fraction of sp³-hybridized carbons (Fsp3) is 0.667. The number of rotatable bonds is 7. The molecular weight excluding hydrogens is 262 g/mol. The number of hydrogen-bond donors (Lipinski definition) is 2. The zero-order chi connectivity index (χ0) is 15.1. The van der Waals surface area contributed by atoms with Crippen LogP contribution in [0.25, 0.3) is 0 Å². The molecule has 8 heteroatoms. The fourth-order valence-electron chi connectivity index (χ4n) is 1.74. The lowest BCUT2D eigenvalue weighted by atomic mass is 10.2. The van der Waals surface area contributed by atoms with E-state index in [2.05, 4.69) is 22.6 Å². The molecule has 112 valence electrons. The number of nitrogens with zero attached hydrogens (tertiary/aromatic N) is 4. The Morgan fingerprint density at radius 2 is 2.25 bits per heavy atom. The average Bonchev–Trinajstić information content (AvgIpc) is 2.82. The van der Waals surface area contributed by atoms with Gasteiger partial charge in [0.15, 0.2) is 0 Å². The van der Waals surface area contributed by atoms with Gasteiger partial charge in [-0.15, -0.1) is 5.10 Å². The molecule has 0 aliphatic heterocycles. The van der Waals surface area contributed by atoms with Crippen molar-refractivity contribution in [3.8, 4) is 0 Å². The lowest BCUT2D eigenvalue weighted by molar-refractivity contribution is -0.137. The summed E-state index contributed by atoms with van der Waals surface area (Å²) in [5, 5.41) is 18.8. The van der Waals surface area contributed by atoms with Crippen LogP contribution in [-0.2, 0) is 17.9 Å². The topological polar surface area (TPSA) is 100 Å². The molecule has 0 fully saturated rings. The molecule has 0 saturated heterocycles. The Morgan fingerprint density at radius 1 is 1.55 bits per heavy atom. The van der Waals surface area contributed by atoms with E-state index in [-0.39, 0.29) is 25.2 Å². The van der Waals surface area contributed by atoms with Gasteiger partial charge in [-0.1, -0.05) is 18.6 Å². The first-order chi connectivity index (χ1) is 9.43. The van der Waals surface area contributed by atoms with Crippen LogP contribution in [0.2, 0.25) is 0 Å². The van der Waals surface area contributed by atoms with Gasteiger partial charge in [0, 0.05) is 13.1 Å². The van der Waals surface area contributed by atoms with Crippen LogP contribution in [0, 0.1) is 0 Å². The summed E-state index contributed by atoms with van der Waals surface area (Å²) < 4.78 is 1.22. The molecule has 0 saturated carbocycles. The maximum Gasteiger partial charge on any atom is 0.325 e. The standard InChI is InChI=1S/C12H21N5O3/c1-4-5-9(2)16(3)12(20)13-6-10-7-17(15-14-10)8-11(18)19/h7,9H,4-6,8H2,1-3H3,(H,13,20)(H,18,19). The maximum atomic E-state index is 11.9. The van der Waals surface area contributed by atoms with Crippen molar-refractivity contribution < 1.29 is 14.7 Å². The number of nitrogens with one attached hydrogen (secondary N) is 1. The predicted octanol–water partition coefficient (Wildman–Crippen LogP) is 0.693. The summed E-state index contributed by atoms with van der Waals surface area (Å²) in [5.74, 6) is -0.987. The molecule has 20 heavy (non-hydrogen) atoms. The number of carbonyl (C=O) groups is 2. The molecule has 1 heterocycles. The molecule has 1 aromatic heterocycles. The van der Waals surface area contributed by atoms with Crippen molar-refractivity contribution in [1.29, 1.82) is 0 Å². The van der Waals surface area contributed by atoms with E-state index in [0.717, 1.165) is 12.8 Å². The number of aromatic nitrogens is 3. The number of carboxylic acid groups (broad SMARTS) is 1. The van der Waals surface area contributed by atoms with Crippen LogP contribution in [0.3, 0.4) is 0 Å². The minimum atomic E-state index is -0.987. The lowest BCUT2D eigenvalue weighted by Crippen LogP contribution is -2.42. The van der Waals surface area contributed by atoms with Crippen LogP contribution in [0.15, 0.2) is 6.20 Å². The summed E-state index contributed by atoms with van der Waals surface area (Å²) in [6.45, 7) is 4.05. The van der Waals surface area contributed by atoms with Crippen molar-refractivity contribution in [2.45, 2.75) is 45.8 Å².